The zero-order valence-corrected chi connectivity index (χ0v) is 30.4. The van der Waals surface area contributed by atoms with Gasteiger partial charge in [0.15, 0.2) is 17.5 Å². The highest BCUT2D eigenvalue weighted by atomic mass is 16.4. The SMILES string of the molecule is CC(=O)C[C@@H](CC(=O)O)C(=O)N[C@@H](CCCN=C(N)N)C(=O)C[C@@H](CC(=O)O)C(=O)N[C@@H](CC(=O)O)C(=O)C[C@@H](CCCCCC(C)(C)C)C(=O)O. The van der Waals surface area contributed by atoms with E-state index in [0.29, 0.717) is 12.8 Å². The second kappa shape index (κ2) is 23.6. The third kappa shape index (κ3) is 22.0. The number of nitrogens with one attached hydrogen (secondary N) is 2. The molecule has 0 radical (unpaired) electrons. The van der Waals surface area contributed by atoms with Gasteiger partial charge in [-0.15, -0.1) is 0 Å². The van der Waals surface area contributed by atoms with E-state index in [9.17, 15) is 63.6 Å². The van der Waals surface area contributed by atoms with Gasteiger partial charge in [0.05, 0.1) is 49.1 Å². The Kier molecular flexibility index (Phi) is 21.3. The summed E-state index contributed by atoms with van der Waals surface area (Å²) in [5.41, 5.74) is 10.7. The quantitative estimate of drug-likeness (QED) is 0.0318. The van der Waals surface area contributed by atoms with Crippen LogP contribution in [-0.4, -0.2) is 98.1 Å². The molecule has 0 aromatic rings. The summed E-state index contributed by atoms with van der Waals surface area (Å²) >= 11 is 0. The highest BCUT2D eigenvalue weighted by Gasteiger charge is 2.35. The molecule has 18 heteroatoms. The highest BCUT2D eigenvalue weighted by Crippen LogP contribution is 2.24. The van der Waals surface area contributed by atoms with Gasteiger partial charge in [0, 0.05) is 25.8 Å². The summed E-state index contributed by atoms with van der Waals surface area (Å²) in [6.07, 6.45) is -1.45. The smallest absolute Gasteiger partial charge is 0.306 e. The molecule has 0 saturated heterocycles. The van der Waals surface area contributed by atoms with Crippen molar-refractivity contribution in [2.45, 2.75) is 123 Å². The van der Waals surface area contributed by atoms with Gasteiger partial charge in [-0.05, 0) is 38.0 Å². The number of unbranched alkanes of at least 4 members (excludes halogenated alkanes) is 2. The van der Waals surface area contributed by atoms with E-state index in [1.165, 1.54) is 0 Å². The summed E-state index contributed by atoms with van der Waals surface area (Å²) in [6.45, 7) is 7.37. The number of amides is 2. The Morgan fingerprint density at radius 3 is 1.54 bits per heavy atom. The van der Waals surface area contributed by atoms with E-state index in [1.54, 1.807) is 0 Å². The van der Waals surface area contributed by atoms with E-state index < -0.39 is 121 Å². The fourth-order valence-corrected chi connectivity index (χ4v) is 5.41. The Hall–Kier alpha value is -4.90. The van der Waals surface area contributed by atoms with Crippen molar-refractivity contribution in [3.05, 3.63) is 0 Å². The number of hydrogen-bond acceptors (Lipinski definition) is 10. The van der Waals surface area contributed by atoms with Crippen molar-refractivity contribution in [3.8, 4) is 0 Å². The minimum atomic E-state index is -1.74. The van der Waals surface area contributed by atoms with Gasteiger partial charge in [-0.2, -0.15) is 0 Å². The fraction of sp³-hybridized carbons (Fsp3) is 0.706. The third-order valence-electron chi connectivity index (χ3n) is 8.08. The number of ketones is 3. The lowest BCUT2D eigenvalue weighted by molar-refractivity contribution is -0.146. The van der Waals surface area contributed by atoms with Gasteiger partial charge >= 0.3 is 23.9 Å². The number of guanidine groups is 1. The molecule has 0 unspecified atom stereocenters. The molecule has 2 amide bonds. The van der Waals surface area contributed by atoms with Crippen molar-refractivity contribution >= 4 is 59.0 Å². The van der Waals surface area contributed by atoms with E-state index in [0.717, 1.165) is 19.8 Å². The van der Waals surface area contributed by atoms with Gasteiger partial charge < -0.3 is 47.3 Å². The third-order valence-corrected chi connectivity index (χ3v) is 8.08. The van der Waals surface area contributed by atoms with E-state index in [4.69, 9.17) is 11.5 Å². The van der Waals surface area contributed by atoms with Crippen LogP contribution in [0.5, 0.6) is 0 Å². The summed E-state index contributed by atoms with van der Waals surface area (Å²) in [4.78, 5) is 115. The Morgan fingerprint density at radius 2 is 1.08 bits per heavy atom. The van der Waals surface area contributed by atoms with Crippen molar-refractivity contribution in [3.63, 3.8) is 0 Å². The minimum absolute atomic E-state index is 0.000258. The fourth-order valence-electron chi connectivity index (χ4n) is 5.41. The molecule has 0 heterocycles. The number of nitrogens with two attached hydrogens (primary N) is 2. The van der Waals surface area contributed by atoms with Crippen LogP contribution < -0.4 is 22.1 Å². The van der Waals surface area contributed by atoms with Gasteiger partial charge in [0.25, 0.3) is 0 Å². The summed E-state index contributed by atoms with van der Waals surface area (Å²) < 4.78 is 0. The molecular weight excluding hydrogens is 686 g/mol. The summed E-state index contributed by atoms with van der Waals surface area (Å²) in [5, 5.41) is 42.5. The van der Waals surface area contributed by atoms with Crippen molar-refractivity contribution in [1.82, 2.24) is 10.6 Å². The van der Waals surface area contributed by atoms with Crippen LogP contribution in [-0.2, 0) is 43.2 Å². The van der Waals surface area contributed by atoms with E-state index in [-0.39, 0.29) is 37.2 Å². The number of carboxylic acid groups (broad SMARTS) is 4. The summed E-state index contributed by atoms with van der Waals surface area (Å²) in [7, 11) is 0. The molecule has 0 bridgehead atoms. The molecule has 0 spiro atoms. The number of Topliss-reactive ketones (excluding diaryl/α,β-unsaturated/α-hetero) is 3. The highest BCUT2D eigenvalue weighted by molar-refractivity contribution is 5.98. The largest absolute Gasteiger partial charge is 0.481 e. The normalized spacial score (nSPS) is 14.1. The molecule has 10 N–H and O–H groups in total. The van der Waals surface area contributed by atoms with Crippen LogP contribution in [0.4, 0.5) is 0 Å². The Morgan fingerprint density at radius 1 is 0.596 bits per heavy atom. The molecule has 0 aliphatic heterocycles. The lowest BCUT2D eigenvalue weighted by atomic mass is 9.88. The molecular formula is C34H55N5O13. The maximum atomic E-state index is 13.5. The maximum Gasteiger partial charge on any atom is 0.306 e. The number of aliphatic carboxylic acids is 4. The summed E-state index contributed by atoms with van der Waals surface area (Å²) in [6, 6.07) is -3.15. The van der Waals surface area contributed by atoms with E-state index in [2.05, 4.69) is 36.4 Å². The van der Waals surface area contributed by atoms with Gasteiger partial charge in [-0.25, -0.2) is 0 Å². The second-order valence-electron chi connectivity index (χ2n) is 14.2. The number of carboxylic acids is 4. The molecule has 0 fully saturated rings. The Labute approximate surface area is 302 Å². The molecule has 294 valence electrons. The van der Waals surface area contributed by atoms with Crippen LogP contribution in [0.25, 0.3) is 0 Å². The molecule has 0 aliphatic rings. The number of aliphatic imine (C=N–C) groups is 1. The predicted molar refractivity (Wildman–Crippen MR) is 186 cm³/mol. The van der Waals surface area contributed by atoms with Crippen LogP contribution in [0, 0.1) is 23.2 Å². The number of hydrogen-bond donors (Lipinski definition) is 8. The molecule has 0 aromatic heterocycles. The van der Waals surface area contributed by atoms with Crippen molar-refractivity contribution in [1.29, 1.82) is 0 Å². The number of carbonyl (C=O) groups is 9. The number of carbonyl (C=O) groups excluding carboxylic acids is 5. The monoisotopic (exact) mass is 741 g/mol. The zero-order chi connectivity index (χ0) is 40.2. The van der Waals surface area contributed by atoms with Gasteiger partial charge in [0.2, 0.25) is 11.8 Å². The molecule has 0 saturated carbocycles. The number of rotatable bonds is 28. The first kappa shape index (κ1) is 47.1. The number of nitrogens with zero attached hydrogens (tertiary/aromatic N) is 1. The van der Waals surface area contributed by atoms with Crippen LogP contribution in [0.2, 0.25) is 0 Å². The first-order chi connectivity index (χ1) is 24.0. The van der Waals surface area contributed by atoms with Crippen molar-refractivity contribution < 1.29 is 63.6 Å². The average Bonchev–Trinajstić information content (AvgIpc) is 2.98. The van der Waals surface area contributed by atoms with Crippen molar-refractivity contribution in [2.24, 2.45) is 39.6 Å². The Bertz CT molecular complexity index is 1300. The molecule has 0 aliphatic carbocycles. The van der Waals surface area contributed by atoms with Crippen LogP contribution in [0.15, 0.2) is 4.99 Å². The molecule has 18 nitrogen and oxygen atoms in total. The first-order valence-electron chi connectivity index (χ1n) is 17.1. The average molecular weight is 742 g/mol. The standard InChI is InChI=1S/C34H55N5O13/c1-19(40)13-21(16-27(43)44)30(49)38-23(10-8-12-37-33(35)36)25(41)15-22(17-28(45)46)31(50)39-24(18-29(47)48)26(42)14-20(32(51)52)9-6-5-7-11-34(2,3)4/h20-24H,5-18H2,1-4H3,(H,38,49)(H,39,50)(H,43,44)(H,45,46)(H,47,48)(H,51,52)(H4,35,36,37)/t20-,21+,22+,23+,24+/m1/s1. The van der Waals surface area contributed by atoms with Gasteiger partial charge in [-0.3, -0.25) is 43.3 Å². The van der Waals surface area contributed by atoms with Crippen LogP contribution in [0.3, 0.4) is 0 Å². The van der Waals surface area contributed by atoms with Crippen molar-refractivity contribution in [2.75, 3.05) is 6.54 Å². The van der Waals surface area contributed by atoms with Crippen LogP contribution in [0.1, 0.15) is 111 Å². The van der Waals surface area contributed by atoms with E-state index in [1.807, 2.05) is 0 Å². The topological polar surface area (TPSA) is 323 Å². The Balaban J connectivity index is 6.09. The molecule has 0 aromatic carbocycles. The lowest BCUT2D eigenvalue weighted by Crippen LogP contribution is -2.48. The molecule has 5 atom stereocenters. The maximum absolute atomic E-state index is 13.5. The van der Waals surface area contributed by atoms with Gasteiger partial charge in [-0.1, -0.05) is 40.0 Å². The minimum Gasteiger partial charge on any atom is -0.481 e. The lowest BCUT2D eigenvalue weighted by Gasteiger charge is -2.24. The van der Waals surface area contributed by atoms with Gasteiger partial charge in [0.1, 0.15) is 5.78 Å². The van der Waals surface area contributed by atoms with E-state index >= 15 is 0 Å². The van der Waals surface area contributed by atoms with Crippen LogP contribution >= 0.6 is 0 Å². The zero-order valence-electron chi connectivity index (χ0n) is 30.4. The molecule has 0 rings (SSSR count). The first-order valence-corrected chi connectivity index (χ1v) is 17.1. The summed E-state index contributed by atoms with van der Waals surface area (Å²) in [5.74, 6) is -14.5. The predicted octanol–water partition coefficient (Wildman–Crippen LogP) is 1.26. The second-order valence-corrected chi connectivity index (χ2v) is 14.2. The molecule has 52 heavy (non-hydrogen) atoms.